The van der Waals surface area contributed by atoms with E-state index in [0.29, 0.717) is 0 Å². The number of fused-ring (bicyclic) bond motifs is 3. The Morgan fingerprint density at radius 2 is 0.869 bits per heavy atom. The number of phosphoric ester groups is 4. The molecule has 4 aliphatic rings. The molecule has 0 aromatic carbocycles. The molecule has 0 amide bonds. The monoisotopic (exact) mass is 1260 g/mol. The van der Waals surface area contributed by atoms with E-state index in [4.69, 9.17) is 63.3 Å². The summed E-state index contributed by atoms with van der Waals surface area (Å²) in [5.41, 5.74) is 17.6. The normalized spacial score (nSPS) is 28.8. The number of imidazole rings is 3. The molecule has 0 radical (unpaired) electrons. The molecule has 7 unspecified atom stereocenters. The van der Waals surface area contributed by atoms with Gasteiger partial charge in [0.05, 0.1) is 51.5 Å². The Kier molecular flexibility index (Phi) is 16.6. The van der Waals surface area contributed by atoms with Crippen LogP contribution in [0.3, 0.4) is 0 Å². The number of nitrogens with two attached hydrogens (primary N) is 3. The van der Waals surface area contributed by atoms with Gasteiger partial charge in [-0.3, -0.25) is 59.7 Å². The first-order valence-corrected chi connectivity index (χ1v) is 30.9. The smallest absolute Gasteiger partial charge is 0.390 e. The molecule has 0 spiro atoms. The molecule has 7 aromatic rings. The minimum Gasteiger partial charge on any atom is -0.390 e. The van der Waals surface area contributed by atoms with Crippen molar-refractivity contribution in [2.24, 2.45) is 0 Å². The van der Waals surface area contributed by atoms with Crippen molar-refractivity contribution in [1.29, 1.82) is 0 Å². The molecule has 7 aromatic heterocycles. The number of aromatic nitrogens is 14. The summed E-state index contributed by atoms with van der Waals surface area (Å²) in [4.78, 5) is 116. The molecular weight excluding hydrogens is 1210 g/mol. The molecule has 4 aliphatic heterocycles. The summed E-state index contributed by atoms with van der Waals surface area (Å²) in [6.45, 7) is -1.99. The number of aliphatic hydroxyl groups excluding tert-OH is 1. The third-order valence-corrected chi connectivity index (χ3v) is 17.2. The van der Waals surface area contributed by atoms with Gasteiger partial charge in [-0.05, 0) is 6.92 Å². The Morgan fingerprint density at radius 3 is 1.25 bits per heavy atom. The number of anilines is 3. The van der Waals surface area contributed by atoms with E-state index in [2.05, 4.69) is 54.4 Å². The number of phosphoric acid groups is 4. The van der Waals surface area contributed by atoms with Gasteiger partial charge in [-0.25, -0.2) is 67.9 Å². The number of nitrogens with zero attached hydrogens (tertiary/aromatic N) is 13. The third kappa shape index (κ3) is 12.9. The Morgan fingerprint density at radius 1 is 0.524 bits per heavy atom. The maximum Gasteiger partial charge on any atom is 0.472 e. The van der Waals surface area contributed by atoms with Crippen LogP contribution < -0.4 is 28.5 Å². The molecule has 4 fully saturated rings. The number of aliphatic hydroxyl groups is 1. The number of nitrogens with one attached hydrogen (secondary N) is 1. The fraction of sp³-hybridized carbons (Fsp3) is 0.525. The average Bonchev–Trinajstić information content (AvgIpc) is 3.38. The lowest BCUT2D eigenvalue weighted by Gasteiger charge is -2.25. The van der Waals surface area contributed by atoms with Crippen LogP contribution in [-0.2, 0) is 68.9 Å². The number of aryl methyl sites for hydroxylation is 1. The number of nitrogen functional groups attached to an aromatic ring is 3. The van der Waals surface area contributed by atoms with Crippen LogP contribution in [0.25, 0.3) is 33.5 Å². The van der Waals surface area contributed by atoms with Gasteiger partial charge in [-0.15, -0.1) is 0 Å². The molecule has 454 valence electrons. The number of aromatic amines is 1. The summed E-state index contributed by atoms with van der Waals surface area (Å²) < 4.78 is 120. The molecule has 44 heteroatoms. The predicted molar refractivity (Wildman–Crippen MR) is 275 cm³/mol. The molecule has 13 N–H and O–H groups in total. The molecule has 0 aliphatic carbocycles. The Hall–Kier alpha value is -6.03. The zero-order chi connectivity index (χ0) is 59.6. The Labute approximate surface area is 468 Å². The van der Waals surface area contributed by atoms with Crippen molar-refractivity contribution >= 4 is 82.2 Å². The van der Waals surface area contributed by atoms with Crippen LogP contribution in [0.2, 0.25) is 0 Å². The molecule has 15 atom stereocenters. The standard InChI is InChI=1S/C40H51N17O23P4/c1-17-6-54(40(60)53-39(17)59)26-2-18(58)22(74-26)7-71-82(64,65)79-20-4-28(56-15-51-31-34(42)45-12-48-37(31)56)76-24(20)9-73-84(68,69)80-21-5-29(57-16-52-32-35(43)46-13-49-38(32)57)77-25(21)10-72-83(66,67)78-19-3-27(75-23(19)8-70-81(61,62)63)55-14-50-30-33(41)44-11-47-36(30)55/h6,11-16,18-29,58H,2-5,7-10H2,1H3,(H,64,65)(H,66,67)(H,68,69)(H2,41,44,47)(H2,42,45,48)(H2,43,46,49)(H,53,59,60)(H2,61,62,63)/t18?,19?,20?,21?,22-,23-,24-,25-,26-,27-,28-,29-/m1/s1. The van der Waals surface area contributed by atoms with E-state index in [9.17, 15) is 57.4 Å². The maximum absolute atomic E-state index is 14.1. The fourth-order valence-electron chi connectivity index (χ4n) is 9.75. The molecule has 11 rings (SSSR count). The zero-order valence-corrected chi connectivity index (χ0v) is 46.7. The highest BCUT2D eigenvalue weighted by Gasteiger charge is 2.49. The molecular formula is C40H51N17O23P4. The lowest BCUT2D eigenvalue weighted by atomic mass is 10.2. The molecule has 84 heavy (non-hydrogen) atoms. The van der Waals surface area contributed by atoms with Crippen LogP contribution in [0.15, 0.2) is 53.7 Å². The molecule has 11 heterocycles. The van der Waals surface area contributed by atoms with Crippen molar-refractivity contribution in [3.8, 4) is 0 Å². The van der Waals surface area contributed by atoms with Crippen LogP contribution in [0, 0.1) is 6.92 Å². The van der Waals surface area contributed by atoms with E-state index in [1.54, 1.807) is 0 Å². The van der Waals surface area contributed by atoms with Crippen molar-refractivity contribution in [2.45, 2.75) is 106 Å². The Bertz CT molecular complexity index is 3920. The van der Waals surface area contributed by atoms with Crippen LogP contribution in [-0.4, -0.2) is 173 Å². The van der Waals surface area contributed by atoms with Gasteiger partial charge in [-0.2, -0.15) is 0 Å². The number of rotatable bonds is 22. The topological polar surface area (TPSA) is 555 Å². The van der Waals surface area contributed by atoms with Crippen LogP contribution in [0.4, 0.5) is 17.5 Å². The minimum atomic E-state index is -5.37. The third-order valence-electron chi connectivity index (χ3n) is 13.7. The van der Waals surface area contributed by atoms with E-state index in [1.165, 1.54) is 45.8 Å². The van der Waals surface area contributed by atoms with Crippen molar-refractivity contribution in [3.05, 3.63) is 70.6 Å². The van der Waals surface area contributed by atoms with E-state index < -0.39 is 143 Å². The second kappa shape index (κ2) is 23.3. The van der Waals surface area contributed by atoms with Crippen molar-refractivity contribution in [1.82, 2.24) is 68.1 Å². The largest absolute Gasteiger partial charge is 0.472 e. The number of hydrogen-bond acceptors (Lipinski definition) is 30. The second-order valence-corrected chi connectivity index (χ2v) is 24.7. The van der Waals surface area contributed by atoms with Gasteiger partial charge >= 0.3 is 37.0 Å². The summed E-state index contributed by atoms with van der Waals surface area (Å²) in [7, 11) is -21.0. The predicted octanol–water partition coefficient (Wildman–Crippen LogP) is -0.762. The van der Waals surface area contributed by atoms with Crippen molar-refractivity contribution in [3.63, 3.8) is 0 Å². The number of hydrogen-bond donors (Lipinski definition) is 10. The van der Waals surface area contributed by atoms with E-state index in [-0.39, 0.29) is 82.2 Å². The number of ether oxygens (including phenoxy) is 4. The van der Waals surface area contributed by atoms with Crippen LogP contribution in [0.1, 0.15) is 56.2 Å². The van der Waals surface area contributed by atoms with E-state index >= 15 is 0 Å². The van der Waals surface area contributed by atoms with Crippen molar-refractivity contribution in [2.75, 3.05) is 43.6 Å². The van der Waals surface area contributed by atoms with Crippen LogP contribution in [0.5, 0.6) is 0 Å². The van der Waals surface area contributed by atoms with Crippen molar-refractivity contribution < 1.29 is 98.4 Å². The van der Waals surface area contributed by atoms with E-state index in [0.717, 1.165) is 23.5 Å². The lowest BCUT2D eigenvalue weighted by molar-refractivity contribution is -0.0623. The molecule has 40 nitrogen and oxygen atoms in total. The summed E-state index contributed by atoms with van der Waals surface area (Å²) >= 11 is 0. The summed E-state index contributed by atoms with van der Waals surface area (Å²) in [6, 6.07) is 0. The summed E-state index contributed by atoms with van der Waals surface area (Å²) in [6.07, 6.45) is -8.69. The quantitative estimate of drug-likeness (QED) is 0.0373. The minimum absolute atomic E-state index is 0.00432. The lowest BCUT2D eigenvalue weighted by Crippen LogP contribution is -2.33. The Balaban J connectivity index is 0.792. The van der Waals surface area contributed by atoms with Crippen LogP contribution >= 0.6 is 31.3 Å². The molecule has 0 bridgehead atoms. The highest BCUT2D eigenvalue weighted by molar-refractivity contribution is 7.48. The van der Waals surface area contributed by atoms with Gasteiger partial charge in [0.2, 0.25) is 0 Å². The average molecular weight is 1260 g/mol. The first-order valence-electron chi connectivity index (χ1n) is 24.9. The van der Waals surface area contributed by atoms with Gasteiger partial charge in [0, 0.05) is 37.4 Å². The zero-order valence-electron chi connectivity index (χ0n) is 43.1. The molecule has 4 saturated heterocycles. The first-order chi connectivity index (χ1) is 39.8. The van der Waals surface area contributed by atoms with Gasteiger partial charge in [0.1, 0.15) is 103 Å². The first kappa shape index (κ1) is 59.7. The molecule has 0 saturated carbocycles. The van der Waals surface area contributed by atoms with E-state index in [1.807, 2.05) is 0 Å². The summed E-state index contributed by atoms with van der Waals surface area (Å²) in [5.74, 6) is 0.0188. The highest BCUT2D eigenvalue weighted by atomic mass is 31.2. The SMILES string of the molecule is Cc1cn([C@H]2CC(O)[C@@H](COP(=O)(O)OC3C[C@H](n4cnc5c(N)ncnc54)O[C@@H]3COP(=O)(O)OC3C[C@H](n4cnc5c(N)ncnc54)O[C@@H]3COP(=O)(O)OC3C[C@H](n4cnc5c(N)ncnc54)O[C@@H]3COP(=O)(O)O)O2)c(=O)[nH]c1=O. The second-order valence-electron chi connectivity index (χ2n) is 19.3. The highest BCUT2D eigenvalue weighted by Crippen LogP contribution is 2.54. The van der Waals surface area contributed by atoms with Gasteiger partial charge in [0.25, 0.3) is 5.56 Å². The number of H-pyrrole nitrogens is 1. The fourth-order valence-corrected chi connectivity index (χ4v) is 13.0. The van der Waals surface area contributed by atoms with Gasteiger partial charge in [0.15, 0.2) is 34.4 Å². The maximum atomic E-state index is 14.1. The van der Waals surface area contributed by atoms with Gasteiger partial charge in [-0.1, -0.05) is 0 Å². The summed E-state index contributed by atoms with van der Waals surface area (Å²) in [5, 5.41) is 10.8. The van der Waals surface area contributed by atoms with Gasteiger partial charge < -0.3 is 65.7 Å².